The molecule has 1 fully saturated rings. The van der Waals surface area contributed by atoms with Crippen molar-refractivity contribution in [1.82, 2.24) is 5.32 Å². The largest absolute Gasteiger partial charge is 0.467 e. The minimum Gasteiger partial charge on any atom is -0.467 e. The minimum atomic E-state index is -1.71. The number of ether oxygens (including phenoxy) is 2. The van der Waals surface area contributed by atoms with Crippen molar-refractivity contribution in [1.29, 1.82) is 0 Å². The van der Waals surface area contributed by atoms with Crippen LogP contribution in [-0.4, -0.2) is 42.5 Å². The van der Waals surface area contributed by atoms with Gasteiger partial charge < -0.3 is 19.9 Å². The molecule has 6 heteroatoms. The van der Waals surface area contributed by atoms with Gasteiger partial charge in [-0.2, -0.15) is 0 Å². The van der Waals surface area contributed by atoms with E-state index in [0.717, 1.165) is 28.7 Å². The van der Waals surface area contributed by atoms with Gasteiger partial charge in [0.1, 0.15) is 6.61 Å². The van der Waals surface area contributed by atoms with Gasteiger partial charge in [-0.25, -0.2) is 9.59 Å². The first-order valence-corrected chi connectivity index (χ1v) is 9.97. The summed E-state index contributed by atoms with van der Waals surface area (Å²) in [5.74, 6) is -0.764. The molecule has 1 amide bonds. The Hall–Kier alpha value is -2.86. The Morgan fingerprint density at radius 1 is 1.07 bits per heavy atom. The topological polar surface area (TPSA) is 84.9 Å². The molecule has 0 heterocycles. The molecule has 0 spiro atoms. The molecular weight excluding hydrogens is 370 g/mol. The maximum absolute atomic E-state index is 12.5. The van der Waals surface area contributed by atoms with Crippen molar-refractivity contribution < 1.29 is 24.2 Å². The molecule has 0 unspecified atom stereocenters. The quantitative estimate of drug-likeness (QED) is 0.776. The van der Waals surface area contributed by atoms with Gasteiger partial charge in [0, 0.05) is 5.92 Å². The highest BCUT2D eigenvalue weighted by Gasteiger charge is 2.47. The van der Waals surface area contributed by atoms with Gasteiger partial charge >= 0.3 is 12.1 Å². The van der Waals surface area contributed by atoms with Crippen molar-refractivity contribution in [2.75, 3.05) is 13.7 Å². The number of carbonyl (C=O) groups excluding carboxylic acids is 2. The molecule has 152 valence electrons. The molecule has 2 aromatic carbocycles. The van der Waals surface area contributed by atoms with Gasteiger partial charge in [0.2, 0.25) is 0 Å². The summed E-state index contributed by atoms with van der Waals surface area (Å²) in [6.07, 6.45) is 1.63. The summed E-state index contributed by atoms with van der Waals surface area (Å²) in [6, 6.07) is 15.5. The Balaban J connectivity index is 1.46. The van der Waals surface area contributed by atoms with Crippen LogP contribution in [0.5, 0.6) is 0 Å². The highest BCUT2D eigenvalue weighted by Crippen LogP contribution is 2.44. The smallest absolute Gasteiger partial charge is 0.407 e. The third-order valence-corrected chi connectivity index (χ3v) is 6.05. The fourth-order valence-electron chi connectivity index (χ4n) is 4.55. The van der Waals surface area contributed by atoms with Gasteiger partial charge in [-0.1, -0.05) is 55.0 Å². The van der Waals surface area contributed by atoms with E-state index < -0.39 is 23.7 Å². The summed E-state index contributed by atoms with van der Waals surface area (Å²) in [5.41, 5.74) is 2.86. The van der Waals surface area contributed by atoms with Crippen LogP contribution in [0.4, 0.5) is 4.79 Å². The molecule has 0 aliphatic heterocycles. The lowest BCUT2D eigenvalue weighted by Gasteiger charge is -2.37. The van der Waals surface area contributed by atoms with Crippen molar-refractivity contribution >= 4 is 12.1 Å². The van der Waals surface area contributed by atoms with Crippen LogP contribution >= 0.6 is 0 Å². The number of nitrogens with one attached hydrogen (secondary N) is 1. The monoisotopic (exact) mass is 395 g/mol. The van der Waals surface area contributed by atoms with E-state index in [9.17, 15) is 14.7 Å². The molecule has 2 aromatic rings. The molecule has 2 atom stereocenters. The maximum atomic E-state index is 12.5. The lowest BCUT2D eigenvalue weighted by atomic mass is 9.80. The van der Waals surface area contributed by atoms with Crippen LogP contribution < -0.4 is 5.32 Å². The van der Waals surface area contributed by atoms with Gasteiger partial charge in [0.15, 0.2) is 5.60 Å². The number of fused-ring (bicyclic) bond motifs is 3. The van der Waals surface area contributed by atoms with Crippen LogP contribution in [0.1, 0.15) is 42.7 Å². The molecule has 4 rings (SSSR count). The predicted octanol–water partition coefficient (Wildman–Crippen LogP) is 3.37. The zero-order chi connectivity index (χ0) is 20.4. The second-order valence-electron chi connectivity index (χ2n) is 7.68. The molecule has 0 radical (unpaired) electrons. The number of hydrogen-bond donors (Lipinski definition) is 2. The van der Waals surface area contributed by atoms with E-state index in [1.807, 2.05) is 24.3 Å². The predicted molar refractivity (Wildman–Crippen MR) is 107 cm³/mol. The van der Waals surface area contributed by atoms with Gasteiger partial charge in [-0.05, 0) is 41.5 Å². The summed E-state index contributed by atoms with van der Waals surface area (Å²) in [6.45, 7) is 0.184. The van der Waals surface area contributed by atoms with Gasteiger partial charge in [0.25, 0.3) is 0 Å². The average molecular weight is 395 g/mol. The SMILES string of the molecule is COC(=O)[C@@]1(O)CCCC[C@H]1NC(=O)OCC1c2ccccc2-c2ccccc21. The molecule has 2 N–H and O–H groups in total. The van der Waals surface area contributed by atoms with E-state index >= 15 is 0 Å². The van der Waals surface area contributed by atoms with Crippen LogP contribution in [0.3, 0.4) is 0 Å². The lowest BCUT2D eigenvalue weighted by Crippen LogP contribution is -2.59. The van der Waals surface area contributed by atoms with E-state index in [1.54, 1.807) is 0 Å². The number of carbonyl (C=O) groups is 2. The van der Waals surface area contributed by atoms with Crippen LogP contribution in [0.25, 0.3) is 11.1 Å². The first kappa shape index (κ1) is 19.5. The van der Waals surface area contributed by atoms with Gasteiger partial charge in [-0.3, -0.25) is 0 Å². The minimum absolute atomic E-state index is 0.0426. The van der Waals surface area contributed by atoms with Crippen molar-refractivity contribution in [2.24, 2.45) is 0 Å². The number of methoxy groups -OCH3 is 1. The molecule has 0 bridgehead atoms. The standard InChI is InChI=1S/C23H25NO5/c1-28-21(25)23(27)13-7-6-12-20(23)24-22(26)29-14-19-17-10-4-2-8-15(17)16-9-3-5-11-18(16)19/h2-5,8-11,19-20,27H,6-7,12-14H2,1H3,(H,24,26)/t20-,23-/m1/s1. The number of alkyl carbamates (subject to hydrolysis) is 1. The van der Waals surface area contributed by atoms with Crippen molar-refractivity contribution in [2.45, 2.75) is 43.2 Å². The summed E-state index contributed by atoms with van der Waals surface area (Å²) in [5, 5.41) is 13.4. The summed E-state index contributed by atoms with van der Waals surface area (Å²) in [7, 11) is 1.24. The Morgan fingerprint density at radius 2 is 1.69 bits per heavy atom. The second-order valence-corrected chi connectivity index (χ2v) is 7.68. The molecule has 2 aliphatic rings. The number of amides is 1. The van der Waals surface area contributed by atoms with Crippen molar-refractivity contribution in [3.8, 4) is 11.1 Å². The summed E-state index contributed by atoms with van der Waals surface area (Å²) in [4.78, 5) is 24.6. The number of hydrogen-bond acceptors (Lipinski definition) is 5. The van der Waals surface area contributed by atoms with Gasteiger partial charge in [0.05, 0.1) is 13.2 Å². The van der Waals surface area contributed by atoms with Crippen LogP contribution in [0.2, 0.25) is 0 Å². The third kappa shape index (κ3) is 3.49. The Morgan fingerprint density at radius 3 is 2.31 bits per heavy atom. The van der Waals surface area contributed by atoms with Gasteiger partial charge in [-0.15, -0.1) is 0 Å². The van der Waals surface area contributed by atoms with Crippen LogP contribution in [0.15, 0.2) is 48.5 Å². The number of benzene rings is 2. The Bertz CT molecular complexity index is 881. The zero-order valence-electron chi connectivity index (χ0n) is 16.4. The first-order chi connectivity index (χ1) is 14.0. The Labute approximate surface area is 169 Å². The molecule has 29 heavy (non-hydrogen) atoms. The van der Waals surface area contributed by atoms with E-state index in [1.165, 1.54) is 7.11 Å². The van der Waals surface area contributed by atoms with Crippen molar-refractivity contribution in [3.05, 3.63) is 59.7 Å². The fourth-order valence-corrected chi connectivity index (χ4v) is 4.55. The highest BCUT2D eigenvalue weighted by atomic mass is 16.6. The third-order valence-electron chi connectivity index (χ3n) is 6.05. The molecule has 0 saturated heterocycles. The summed E-state index contributed by atoms with van der Waals surface area (Å²) >= 11 is 0. The zero-order valence-corrected chi connectivity index (χ0v) is 16.4. The van der Waals surface area contributed by atoms with Crippen molar-refractivity contribution in [3.63, 3.8) is 0 Å². The first-order valence-electron chi connectivity index (χ1n) is 9.97. The van der Waals surface area contributed by atoms with E-state index in [2.05, 4.69) is 29.6 Å². The molecule has 0 aromatic heterocycles. The van der Waals surface area contributed by atoms with E-state index in [-0.39, 0.29) is 18.9 Å². The van der Waals surface area contributed by atoms with E-state index in [4.69, 9.17) is 9.47 Å². The molecule has 6 nitrogen and oxygen atoms in total. The maximum Gasteiger partial charge on any atom is 0.407 e. The average Bonchev–Trinajstić information content (AvgIpc) is 3.07. The lowest BCUT2D eigenvalue weighted by molar-refractivity contribution is -0.168. The fraction of sp³-hybridized carbons (Fsp3) is 0.391. The molecule has 2 aliphatic carbocycles. The number of esters is 1. The highest BCUT2D eigenvalue weighted by molar-refractivity contribution is 5.82. The normalized spacial score (nSPS) is 23.0. The van der Waals surface area contributed by atoms with Crippen LogP contribution in [0, 0.1) is 0 Å². The number of aliphatic hydroxyl groups is 1. The summed E-state index contributed by atoms with van der Waals surface area (Å²) < 4.78 is 10.3. The van der Waals surface area contributed by atoms with Crippen LogP contribution in [-0.2, 0) is 14.3 Å². The number of rotatable bonds is 4. The second kappa shape index (κ2) is 7.87. The molecule has 1 saturated carbocycles. The Kier molecular flexibility index (Phi) is 5.28. The van der Waals surface area contributed by atoms with E-state index in [0.29, 0.717) is 12.8 Å². The molecular formula is C23H25NO5.